The first-order valence-corrected chi connectivity index (χ1v) is 13.0. The predicted molar refractivity (Wildman–Crippen MR) is 133 cm³/mol. The number of alkyl halides is 6. The van der Waals surface area contributed by atoms with Crippen LogP contribution in [0.25, 0.3) is 0 Å². The molecule has 1 unspecified atom stereocenters. The molecule has 2 fully saturated rings. The van der Waals surface area contributed by atoms with Crippen LogP contribution in [0, 0.1) is 18.7 Å². The monoisotopic (exact) mass is 587 g/mol. The summed E-state index contributed by atoms with van der Waals surface area (Å²) in [6, 6.07) is 4.92. The molecule has 2 aliphatic rings. The summed E-state index contributed by atoms with van der Waals surface area (Å²) in [7, 11) is 0. The highest BCUT2D eigenvalue weighted by molar-refractivity contribution is 6.05. The number of amides is 2. The van der Waals surface area contributed by atoms with Gasteiger partial charge < -0.3 is 5.32 Å². The molecular weight excluding hydrogens is 559 g/mol. The van der Waals surface area contributed by atoms with E-state index in [1.807, 2.05) is 0 Å². The van der Waals surface area contributed by atoms with Crippen molar-refractivity contribution in [3.63, 3.8) is 0 Å². The van der Waals surface area contributed by atoms with E-state index in [4.69, 9.17) is 0 Å². The third-order valence-electron chi connectivity index (χ3n) is 7.57. The number of hydrogen-bond donors (Lipinski definition) is 1. The molecule has 2 saturated heterocycles. The van der Waals surface area contributed by atoms with Crippen molar-refractivity contribution in [2.75, 3.05) is 19.6 Å². The minimum atomic E-state index is -4.98. The zero-order valence-corrected chi connectivity index (χ0v) is 22.2. The van der Waals surface area contributed by atoms with E-state index in [1.54, 1.807) is 18.0 Å². The molecule has 3 atom stereocenters. The van der Waals surface area contributed by atoms with E-state index in [9.17, 15) is 45.1 Å². The SMILES string of the molecule is Cc1cc(F)ccc1C1C[C@@H](C(=O)NC[C@H](C)c2cc(C(F)(F)F)cc(C(F)(F)F)c2)CCN1N1CC(=O)CC1=O. The maximum absolute atomic E-state index is 13.8. The maximum atomic E-state index is 13.8. The molecule has 0 saturated carbocycles. The second kappa shape index (κ2) is 11.4. The van der Waals surface area contributed by atoms with E-state index >= 15 is 0 Å². The molecule has 6 nitrogen and oxygen atoms in total. The number of Topliss-reactive ketones (excluding diaryl/α,β-unsaturated/α-hetero) is 1. The Morgan fingerprint density at radius 3 is 2.20 bits per heavy atom. The number of ketones is 1. The molecule has 2 aromatic carbocycles. The van der Waals surface area contributed by atoms with Crippen molar-refractivity contribution in [1.82, 2.24) is 15.3 Å². The Bertz CT molecular complexity index is 1310. The lowest BCUT2D eigenvalue weighted by Crippen LogP contribution is -2.51. The van der Waals surface area contributed by atoms with Gasteiger partial charge in [0, 0.05) is 19.0 Å². The van der Waals surface area contributed by atoms with Crippen molar-refractivity contribution in [3.8, 4) is 0 Å². The number of rotatable bonds is 6. The number of carbonyl (C=O) groups excluding carboxylic acids is 3. The Balaban J connectivity index is 1.51. The number of nitrogens with zero attached hydrogens (tertiary/aromatic N) is 2. The molecule has 1 N–H and O–H groups in total. The largest absolute Gasteiger partial charge is 0.416 e. The average molecular weight is 588 g/mol. The second-order valence-electron chi connectivity index (χ2n) is 10.6. The lowest BCUT2D eigenvalue weighted by atomic mass is 9.85. The fraction of sp³-hybridized carbons (Fsp3) is 0.464. The van der Waals surface area contributed by atoms with Crippen molar-refractivity contribution in [3.05, 3.63) is 70.0 Å². The summed E-state index contributed by atoms with van der Waals surface area (Å²) < 4.78 is 93.4. The summed E-state index contributed by atoms with van der Waals surface area (Å²) in [5, 5.41) is 5.70. The fourth-order valence-electron chi connectivity index (χ4n) is 5.37. The van der Waals surface area contributed by atoms with Gasteiger partial charge in [-0.25, -0.2) is 9.40 Å². The molecular formula is C28H28F7N3O3. The number of benzene rings is 2. The fourth-order valence-corrected chi connectivity index (χ4v) is 5.37. The molecule has 41 heavy (non-hydrogen) atoms. The molecule has 0 bridgehead atoms. The van der Waals surface area contributed by atoms with Crippen LogP contribution in [-0.4, -0.2) is 47.2 Å². The van der Waals surface area contributed by atoms with Crippen LogP contribution in [0.4, 0.5) is 30.7 Å². The van der Waals surface area contributed by atoms with Gasteiger partial charge >= 0.3 is 12.4 Å². The first kappa shape index (κ1) is 30.5. The summed E-state index contributed by atoms with van der Waals surface area (Å²) in [4.78, 5) is 37.6. The van der Waals surface area contributed by atoms with E-state index < -0.39 is 53.1 Å². The molecule has 2 heterocycles. The number of carbonyl (C=O) groups is 3. The van der Waals surface area contributed by atoms with Crippen LogP contribution in [0.2, 0.25) is 0 Å². The maximum Gasteiger partial charge on any atom is 0.416 e. The van der Waals surface area contributed by atoms with Crippen molar-refractivity contribution in [2.45, 2.75) is 57.4 Å². The van der Waals surface area contributed by atoms with E-state index in [-0.39, 0.29) is 62.2 Å². The normalized spacial score (nSPS) is 21.3. The van der Waals surface area contributed by atoms with E-state index in [0.717, 1.165) is 0 Å². The number of aryl methyl sites for hydroxylation is 1. The van der Waals surface area contributed by atoms with Crippen molar-refractivity contribution < 1.29 is 45.1 Å². The minimum absolute atomic E-state index is 0.0544. The van der Waals surface area contributed by atoms with Crippen LogP contribution in [0.1, 0.15) is 66.0 Å². The predicted octanol–water partition coefficient (Wildman–Crippen LogP) is 5.56. The van der Waals surface area contributed by atoms with Gasteiger partial charge in [0.25, 0.3) is 0 Å². The van der Waals surface area contributed by atoms with Crippen LogP contribution >= 0.6 is 0 Å². The highest BCUT2D eigenvalue weighted by Crippen LogP contribution is 2.39. The van der Waals surface area contributed by atoms with Crippen molar-refractivity contribution in [1.29, 1.82) is 0 Å². The Kier molecular flexibility index (Phi) is 8.49. The average Bonchev–Trinajstić information content (AvgIpc) is 3.22. The summed E-state index contributed by atoms with van der Waals surface area (Å²) >= 11 is 0. The van der Waals surface area contributed by atoms with Gasteiger partial charge in [-0.3, -0.25) is 19.4 Å². The molecule has 0 aromatic heterocycles. The summed E-state index contributed by atoms with van der Waals surface area (Å²) in [6.07, 6.45) is -9.74. The van der Waals surface area contributed by atoms with E-state index in [2.05, 4.69) is 5.32 Å². The first-order chi connectivity index (χ1) is 19.0. The van der Waals surface area contributed by atoms with Crippen LogP contribution in [-0.2, 0) is 26.7 Å². The number of halogens is 7. The van der Waals surface area contributed by atoms with Crippen molar-refractivity contribution in [2.24, 2.45) is 5.92 Å². The van der Waals surface area contributed by atoms with E-state index in [0.29, 0.717) is 23.3 Å². The summed E-state index contributed by atoms with van der Waals surface area (Å²) in [5.41, 5.74) is -1.84. The zero-order chi connectivity index (χ0) is 30.3. The molecule has 4 rings (SSSR count). The van der Waals surface area contributed by atoms with Gasteiger partial charge in [0.15, 0.2) is 5.78 Å². The van der Waals surface area contributed by atoms with Crippen LogP contribution in [0.5, 0.6) is 0 Å². The highest BCUT2D eigenvalue weighted by atomic mass is 19.4. The Morgan fingerprint density at radius 2 is 1.66 bits per heavy atom. The topological polar surface area (TPSA) is 69.7 Å². The molecule has 2 amide bonds. The molecule has 222 valence electrons. The number of hydrazine groups is 1. The Morgan fingerprint density at radius 1 is 1.02 bits per heavy atom. The minimum Gasteiger partial charge on any atom is -0.355 e. The zero-order valence-electron chi connectivity index (χ0n) is 22.2. The molecule has 2 aromatic rings. The number of hydrogen-bond acceptors (Lipinski definition) is 4. The first-order valence-electron chi connectivity index (χ1n) is 13.0. The molecule has 13 heteroatoms. The summed E-state index contributed by atoms with van der Waals surface area (Å²) in [6.45, 7) is 3.00. The van der Waals surface area contributed by atoms with E-state index in [1.165, 1.54) is 24.1 Å². The van der Waals surface area contributed by atoms with Crippen LogP contribution < -0.4 is 5.32 Å². The van der Waals surface area contributed by atoms with Gasteiger partial charge in [-0.05, 0) is 72.7 Å². The van der Waals surface area contributed by atoms with Gasteiger partial charge in [-0.1, -0.05) is 13.0 Å². The lowest BCUT2D eigenvalue weighted by Gasteiger charge is -2.43. The molecule has 0 spiro atoms. The Labute approximate surface area is 231 Å². The highest BCUT2D eigenvalue weighted by Gasteiger charge is 2.42. The lowest BCUT2D eigenvalue weighted by molar-refractivity contribution is -0.154. The van der Waals surface area contributed by atoms with Crippen LogP contribution in [0.3, 0.4) is 0 Å². The molecule has 0 aliphatic carbocycles. The quantitative estimate of drug-likeness (QED) is 0.355. The smallest absolute Gasteiger partial charge is 0.355 e. The van der Waals surface area contributed by atoms with Gasteiger partial charge in [0.1, 0.15) is 5.82 Å². The molecule has 0 radical (unpaired) electrons. The van der Waals surface area contributed by atoms with Crippen molar-refractivity contribution >= 4 is 17.6 Å². The number of piperidine rings is 1. The van der Waals surface area contributed by atoms with Crippen LogP contribution in [0.15, 0.2) is 36.4 Å². The molecule has 2 aliphatic heterocycles. The number of nitrogens with one attached hydrogen (secondary N) is 1. The van der Waals surface area contributed by atoms with Gasteiger partial charge in [-0.15, -0.1) is 0 Å². The van der Waals surface area contributed by atoms with Gasteiger partial charge in [0.05, 0.1) is 30.1 Å². The third kappa shape index (κ3) is 6.88. The summed E-state index contributed by atoms with van der Waals surface area (Å²) in [5.74, 6) is -3.03. The third-order valence-corrected chi connectivity index (χ3v) is 7.57. The van der Waals surface area contributed by atoms with Gasteiger partial charge in [0.2, 0.25) is 11.8 Å². The Hall–Kier alpha value is -3.48. The standard InChI is InChI=1S/C28H28F7N3O3/c1-15-7-21(29)3-4-23(15)24-10-17(5-6-37(24)38-14-22(39)12-25(38)40)26(41)36-13-16(2)18-8-19(27(30,31)32)11-20(9-18)28(33,34)35/h3-4,7-9,11,16-17,24H,5-6,10,12-14H2,1-2H3,(H,36,41)/t16-,17-,24?/m0/s1. The van der Waals surface area contributed by atoms with Gasteiger partial charge in [-0.2, -0.15) is 26.3 Å². The second-order valence-corrected chi connectivity index (χ2v) is 10.6.